The van der Waals surface area contributed by atoms with Gasteiger partial charge in [-0.3, -0.25) is 4.68 Å². The van der Waals surface area contributed by atoms with Crippen LogP contribution in [0.4, 0.5) is 0 Å². The molecule has 2 N–H and O–H groups in total. The lowest BCUT2D eigenvalue weighted by Crippen LogP contribution is -2.36. The third-order valence-corrected chi connectivity index (χ3v) is 5.08. The molecule has 6 nitrogen and oxygen atoms in total. The van der Waals surface area contributed by atoms with Crippen LogP contribution < -0.4 is 10.0 Å². The van der Waals surface area contributed by atoms with Crippen molar-refractivity contribution in [1.82, 2.24) is 19.8 Å². The summed E-state index contributed by atoms with van der Waals surface area (Å²) in [6.45, 7) is 2.01. The molecule has 1 aromatic heterocycles. The summed E-state index contributed by atoms with van der Waals surface area (Å²) >= 11 is 0. The van der Waals surface area contributed by atoms with Crippen LogP contribution in [0.2, 0.25) is 0 Å². The number of nitrogens with one attached hydrogen (secondary N) is 2. The van der Waals surface area contributed by atoms with Gasteiger partial charge in [-0.2, -0.15) is 5.10 Å². The largest absolute Gasteiger partial charge is 0.309 e. The van der Waals surface area contributed by atoms with Crippen LogP contribution in [-0.4, -0.2) is 31.3 Å². The van der Waals surface area contributed by atoms with Gasteiger partial charge in [0.25, 0.3) is 0 Å². The zero-order chi connectivity index (χ0) is 14.7. The van der Waals surface area contributed by atoms with Crippen molar-refractivity contribution in [2.75, 3.05) is 13.1 Å². The molecule has 3 rings (SSSR count). The Kier molecular flexibility index (Phi) is 4.05. The second kappa shape index (κ2) is 5.97. The van der Waals surface area contributed by atoms with Crippen molar-refractivity contribution in [1.29, 1.82) is 0 Å². The quantitative estimate of drug-likeness (QED) is 0.860. The summed E-state index contributed by atoms with van der Waals surface area (Å²) in [7, 11) is -3.43. The highest BCUT2D eigenvalue weighted by atomic mass is 32.2. The molecule has 0 saturated heterocycles. The van der Waals surface area contributed by atoms with Crippen LogP contribution in [0.3, 0.4) is 0 Å². The normalized spacial score (nSPS) is 18.4. The smallest absolute Gasteiger partial charge is 0.240 e. The second-order valence-corrected chi connectivity index (χ2v) is 6.82. The molecule has 0 aliphatic carbocycles. The summed E-state index contributed by atoms with van der Waals surface area (Å²) in [4.78, 5) is 0.298. The van der Waals surface area contributed by atoms with Gasteiger partial charge in [-0.1, -0.05) is 18.2 Å². The van der Waals surface area contributed by atoms with E-state index in [4.69, 9.17) is 0 Å². The Hall–Kier alpha value is -1.70. The van der Waals surface area contributed by atoms with Crippen LogP contribution in [0.1, 0.15) is 18.2 Å². The molecule has 7 heteroatoms. The molecule has 0 unspecified atom stereocenters. The lowest BCUT2D eigenvalue weighted by molar-refractivity contribution is 0.349. The van der Waals surface area contributed by atoms with Gasteiger partial charge in [-0.05, 0) is 24.6 Å². The standard InChI is InChI=1S/C14H18N4O2S/c19-21(20,14-4-2-1-3-5-14)17-9-7-13-11-15-10-12-6-8-16-18(12)13/h1-6,8,13,15,17H,7,9-11H2/t13-/m1/s1. The molecule has 0 fully saturated rings. The monoisotopic (exact) mass is 306 g/mol. The van der Waals surface area contributed by atoms with Crippen molar-refractivity contribution in [2.24, 2.45) is 0 Å². The highest BCUT2D eigenvalue weighted by molar-refractivity contribution is 7.89. The number of hydrogen-bond acceptors (Lipinski definition) is 4. The molecule has 112 valence electrons. The van der Waals surface area contributed by atoms with Gasteiger partial charge in [0.2, 0.25) is 10.0 Å². The van der Waals surface area contributed by atoms with Crippen molar-refractivity contribution in [3.63, 3.8) is 0 Å². The number of aromatic nitrogens is 2. The molecule has 1 atom stereocenters. The van der Waals surface area contributed by atoms with E-state index in [2.05, 4.69) is 15.1 Å². The first kappa shape index (κ1) is 14.2. The SMILES string of the molecule is O=S(=O)(NCC[C@@H]1CNCc2ccnn21)c1ccccc1. The summed E-state index contributed by atoms with van der Waals surface area (Å²) in [5.41, 5.74) is 1.14. The van der Waals surface area contributed by atoms with Gasteiger partial charge >= 0.3 is 0 Å². The Bertz CT molecular complexity index is 697. The van der Waals surface area contributed by atoms with E-state index in [0.717, 1.165) is 18.8 Å². The third-order valence-electron chi connectivity index (χ3n) is 3.61. The van der Waals surface area contributed by atoms with Gasteiger partial charge in [-0.25, -0.2) is 13.1 Å². The van der Waals surface area contributed by atoms with Gasteiger partial charge in [0.1, 0.15) is 0 Å². The fourth-order valence-electron chi connectivity index (χ4n) is 2.53. The lowest BCUT2D eigenvalue weighted by Gasteiger charge is -2.25. The van der Waals surface area contributed by atoms with E-state index in [9.17, 15) is 8.42 Å². The number of nitrogens with zero attached hydrogens (tertiary/aromatic N) is 2. The van der Waals surface area contributed by atoms with Gasteiger partial charge < -0.3 is 5.32 Å². The molecule has 1 aromatic carbocycles. The highest BCUT2D eigenvalue weighted by Crippen LogP contribution is 2.17. The Morgan fingerprint density at radius 1 is 1.29 bits per heavy atom. The topological polar surface area (TPSA) is 76.0 Å². The molecule has 0 spiro atoms. The molecular weight excluding hydrogens is 288 g/mol. The van der Waals surface area contributed by atoms with Gasteiger partial charge in [-0.15, -0.1) is 0 Å². The van der Waals surface area contributed by atoms with Crippen LogP contribution in [0.5, 0.6) is 0 Å². The van der Waals surface area contributed by atoms with E-state index < -0.39 is 10.0 Å². The fourth-order valence-corrected chi connectivity index (χ4v) is 3.60. The van der Waals surface area contributed by atoms with Gasteiger partial charge in [0, 0.05) is 25.8 Å². The fraction of sp³-hybridized carbons (Fsp3) is 0.357. The molecular formula is C14H18N4O2S. The first-order valence-electron chi connectivity index (χ1n) is 6.94. The molecule has 1 aliphatic heterocycles. The van der Waals surface area contributed by atoms with E-state index >= 15 is 0 Å². The average Bonchev–Trinajstić information content (AvgIpc) is 2.97. The van der Waals surface area contributed by atoms with Crippen LogP contribution in [-0.2, 0) is 16.6 Å². The van der Waals surface area contributed by atoms with E-state index in [1.54, 1.807) is 36.5 Å². The molecule has 1 aliphatic rings. The molecule has 0 bridgehead atoms. The van der Waals surface area contributed by atoms with E-state index in [1.165, 1.54) is 0 Å². The molecule has 0 amide bonds. The van der Waals surface area contributed by atoms with Crippen LogP contribution in [0.15, 0.2) is 47.5 Å². The summed E-state index contributed by atoms with van der Waals surface area (Å²) in [5.74, 6) is 0. The summed E-state index contributed by atoms with van der Waals surface area (Å²) in [6.07, 6.45) is 2.48. The zero-order valence-electron chi connectivity index (χ0n) is 11.6. The van der Waals surface area contributed by atoms with Crippen molar-refractivity contribution < 1.29 is 8.42 Å². The van der Waals surface area contributed by atoms with Crippen molar-refractivity contribution in [3.05, 3.63) is 48.3 Å². The van der Waals surface area contributed by atoms with Crippen LogP contribution in [0, 0.1) is 0 Å². The Morgan fingerprint density at radius 2 is 2.10 bits per heavy atom. The first-order chi connectivity index (χ1) is 10.2. The summed E-state index contributed by atoms with van der Waals surface area (Å²) in [6, 6.07) is 10.6. The van der Waals surface area contributed by atoms with Gasteiger partial charge in [0.05, 0.1) is 16.6 Å². The third kappa shape index (κ3) is 3.15. The number of fused-ring (bicyclic) bond motifs is 1. The number of rotatable bonds is 5. The van der Waals surface area contributed by atoms with Crippen molar-refractivity contribution in [2.45, 2.75) is 23.9 Å². The predicted molar refractivity (Wildman–Crippen MR) is 79.2 cm³/mol. The van der Waals surface area contributed by atoms with E-state index in [-0.39, 0.29) is 6.04 Å². The molecule has 2 aromatic rings. The molecule has 0 saturated carbocycles. The minimum atomic E-state index is -3.43. The number of hydrogen-bond donors (Lipinski definition) is 2. The van der Waals surface area contributed by atoms with Crippen molar-refractivity contribution >= 4 is 10.0 Å². The predicted octanol–water partition coefficient (Wildman–Crippen LogP) is 0.896. The molecule has 0 radical (unpaired) electrons. The lowest BCUT2D eigenvalue weighted by atomic mass is 10.1. The number of benzene rings is 1. The van der Waals surface area contributed by atoms with Crippen LogP contribution >= 0.6 is 0 Å². The van der Waals surface area contributed by atoms with Gasteiger partial charge in [0.15, 0.2) is 0 Å². The Balaban J connectivity index is 1.60. The zero-order valence-corrected chi connectivity index (χ0v) is 12.4. The first-order valence-corrected chi connectivity index (χ1v) is 8.43. The maximum absolute atomic E-state index is 12.1. The minimum Gasteiger partial charge on any atom is -0.309 e. The number of sulfonamides is 1. The van der Waals surface area contributed by atoms with Crippen molar-refractivity contribution in [3.8, 4) is 0 Å². The van der Waals surface area contributed by atoms with Crippen LogP contribution in [0.25, 0.3) is 0 Å². The minimum absolute atomic E-state index is 0.183. The molecule has 2 heterocycles. The molecule has 21 heavy (non-hydrogen) atoms. The summed E-state index contributed by atoms with van der Waals surface area (Å²) in [5, 5.41) is 7.63. The maximum atomic E-state index is 12.1. The van der Waals surface area contributed by atoms with E-state index in [1.807, 2.05) is 10.7 Å². The highest BCUT2D eigenvalue weighted by Gasteiger charge is 2.20. The Labute approximate surface area is 124 Å². The second-order valence-electron chi connectivity index (χ2n) is 5.05. The maximum Gasteiger partial charge on any atom is 0.240 e. The Morgan fingerprint density at radius 3 is 2.90 bits per heavy atom. The summed E-state index contributed by atoms with van der Waals surface area (Å²) < 4.78 is 28.9. The average molecular weight is 306 g/mol. The van der Waals surface area contributed by atoms with E-state index in [0.29, 0.717) is 17.9 Å².